The van der Waals surface area contributed by atoms with Gasteiger partial charge in [0.05, 0.1) is 5.69 Å². The number of nitrogens with two attached hydrogens (primary N) is 1. The van der Waals surface area contributed by atoms with Crippen LogP contribution in [-0.4, -0.2) is 16.9 Å². The summed E-state index contributed by atoms with van der Waals surface area (Å²) in [6.45, 7) is 0. The first-order valence-electron chi connectivity index (χ1n) is 6.83. The lowest BCUT2D eigenvalue weighted by Gasteiger charge is -2.22. The minimum absolute atomic E-state index is 0.362. The molecule has 1 aliphatic rings. The fourth-order valence-electron chi connectivity index (χ4n) is 2.55. The van der Waals surface area contributed by atoms with E-state index < -0.39 is 6.04 Å². The first kappa shape index (κ1) is 14.5. The molecule has 1 unspecified atom stereocenters. The molecule has 5 heteroatoms. The Bertz CT molecular complexity index is 413. The van der Waals surface area contributed by atoms with Crippen molar-refractivity contribution in [2.45, 2.75) is 50.6 Å². The Labute approximate surface area is 122 Å². The van der Waals surface area contributed by atoms with Crippen LogP contribution in [0.3, 0.4) is 0 Å². The highest BCUT2D eigenvalue weighted by Crippen LogP contribution is 2.21. The van der Waals surface area contributed by atoms with E-state index in [0.717, 1.165) is 17.3 Å². The molecule has 0 bridgehead atoms. The second kappa shape index (κ2) is 7.01. The van der Waals surface area contributed by atoms with E-state index in [9.17, 15) is 4.79 Å². The van der Waals surface area contributed by atoms with Crippen LogP contribution in [0.1, 0.15) is 50.3 Å². The van der Waals surface area contributed by atoms with Gasteiger partial charge in [0.25, 0.3) is 0 Å². The van der Waals surface area contributed by atoms with E-state index in [1.165, 1.54) is 25.7 Å². The van der Waals surface area contributed by atoms with Crippen molar-refractivity contribution in [2.75, 3.05) is 0 Å². The van der Waals surface area contributed by atoms with Crippen molar-refractivity contribution < 1.29 is 4.79 Å². The summed E-state index contributed by atoms with van der Waals surface area (Å²) in [4.78, 5) is 15.9. The van der Waals surface area contributed by atoms with Gasteiger partial charge in [-0.2, -0.15) is 0 Å². The van der Waals surface area contributed by atoms with Crippen LogP contribution in [0, 0.1) is 0 Å². The van der Waals surface area contributed by atoms with Gasteiger partial charge < -0.3 is 5.73 Å². The Morgan fingerprint density at radius 2 is 2.00 bits per heavy atom. The van der Waals surface area contributed by atoms with E-state index in [0.29, 0.717) is 11.7 Å². The van der Waals surface area contributed by atoms with Crippen molar-refractivity contribution in [1.82, 2.24) is 10.3 Å². The Kier molecular flexibility index (Phi) is 5.34. The van der Waals surface area contributed by atoms with Crippen LogP contribution in [0.5, 0.6) is 0 Å². The van der Waals surface area contributed by atoms with Gasteiger partial charge in [0.15, 0.2) is 0 Å². The van der Waals surface area contributed by atoms with E-state index in [4.69, 9.17) is 5.73 Å². The van der Waals surface area contributed by atoms with Crippen molar-refractivity contribution in [1.29, 1.82) is 0 Å². The summed E-state index contributed by atoms with van der Waals surface area (Å²) >= 11 is 3.34. The number of hydrogen-bond donors (Lipinski definition) is 2. The minimum atomic E-state index is -0.490. The van der Waals surface area contributed by atoms with Gasteiger partial charge in [-0.05, 0) is 40.9 Å². The van der Waals surface area contributed by atoms with Gasteiger partial charge in [-0.15, -0.1) is 0 Å². The summed E-state index contributed by atoms with van der Waals surface area (Å²) in [6.07, 6.45) is 8.93. The molecule has 1 amide bonds. The van der Waals surface area contributed by atoms with Crippen molar-refractivity contribution in [3.63, 3.8) is 0 Å². The number of rotatable bonds is 4. The molecule has 1 fully saturated rings. The number of nitrogens with zero attached hydrogens (tertiary/aromatic N) is 1. The molecule has 0 aromatic carbocycles. The smallest absolute Gasteiger partial charge is 0.240 e. The summed E-state index contributed by atoms with van der Waals surface area (Å²) in [5.74, 6) is -0.362. The average molecular weight is 326 g/mol. The maximum absolute atomic E-state index is 11.7. The zero-order chi connectivity index (χ0) is 13.7. The van der Waals surface area contributed by atoms with E-state index >= 15 is 0 Å². The first-order chi connectivity index (χ1) is 9.16. The van der Waals surface area contributed by atoms with Crippen LogP contribution < -0.4 is 11.1 Å². The second-order valence-corrected chi connectivity index (χ2v) is 6.01. The molecular weight excluding hydrogens is 306 g/mol. The van der Waals surface area contributed by atoms with Crippen LogP contribution in [0.2, 0.25) is 0 Å². The quantitative estimate of drug-likeness (QED) is 0.836. The maximum Gasteiger partial charge on any atom is 0.240 e. The van der Waals surface area contributed by atoms with Crippen LogP contribution in [-0.2, 0) is 4.79 Å². The molecule has 19 heavy (non-hydrogen) atoms. The van der Waals surface area contributed by atoms with E-state index in [1.807, 2.05) is 12.1 Å². The Balaban J connectivity index is 2.07. The summed E-state index contributed by atoms with van der Waals surface area (Å²) in [5.41, 5.74) is 6.20. The lowest BCUT2D eigenvalue weighted by Crippen LogP contribution is -2.40. The second-order valence-electron chi connectivity index (χ2n) is 5.09. The Morgan fingerprint density at radius 1 is 1.32 bits per heavy atom. The third-order valence-electron chi connectivity index (χ3n) is 3.59. The highest BCUT2D eigenvalue weighted by molar-refractivity contribution is 9.10. The highest BCUT2D eigenvalue weighted by Gasteiger charge is 2.23. The Morgan fingerprint density at radius 3 is 2.53 bits per heavy atom. The largest absolute Gasteiger partial charge is 0.368 e. The lowest BCUT2D eigenvalue weighted by molar-refractivity contribution is -0.120. The number of carbonyl (C=O) groups excluding carboxylic acids is 1. The van der Waals surface area contributed by atoms with Crippen LogP contribution in [0.25, 0.3) is 0 Å². The van der Waals surface area contributed by atoms with Crippen molar-refractivity contribution in [3.05, 3.63) is 28.5 Å². The predicted octanol–water partition coefficient (Wildman–Crippen LogP) is 2.68. The molecule has 0 spiro atoms. The van der Waals surface area contributed by atoms with Gasteiger partial charge in [-0.25, -0.2) is 0 Å². The molecule has 1 aromatic rings. The molecule has 0 saturated heterocycles. The predicted molar refractivity (Wildman–Crippen MR) is 78.5 cm³/mol. The van der Waals surface area contributed by atoms with Crippen molar-refractivity contribution in [2.24, 2.45) is 5.73 Å². The van der Waals surface area contributed by atoms with Crippen LogP contribution >= 0.6 is 15.9 Å². The number of halogens is 1. The summed E-state index contributed by atoms with van der Waals surface area (Å²) in [7, 11) is 0. The average Bonchev–Trinajstić information content (AvgIpc) is 2.65. The number of primary amides is 1. The minimum Gasteiger partial charge on any atom is -0.368 e. The summed E-state index contributed by atoms with van der Waals surface area (Å²) in [5, 5.41) is 3.38. The molecule has 104 valence electrons. The summed E-state index contributed by atoms with van der Waals surface area (Å²) < 4.78 is 0.897. The standard InChI is InChI=1S/C14H20BrN3O/c15-10-7-8-12(17-9-10)13(14(16)19)18-11-5-3-1-2-4-6-11/h7-9,11,13,18H,1-6H2,(H2,16,19). The molecule has 1 aliphatic carbocycles. The fourth-order valence-corrected chi connectivity index (χ4v) is 2.79. The normalized spacial score (nSPS) is 18.8. The molecule has 1 atom stereocenters. The molecule has 2 rings (SSSR count). The number of carbonyl (C=O) groups is 1. The number of nitrogens with one attached hydrogen (secondary N) is 1. The van der Waals surface area contributed by atoms with Gasteiger partial charge >= 0.3 is 0 Å². The molecule has 4 nitrogen and oxygen atoms in total. The number of pyridine rings is 1. The molecular formula is C14H20BrN3O. The molecule has 0 aliphatic heterocycles. The molecule has 3 N–H and O–H groups in total. The Hall–Kier alpha value is -0.940. The fraction of sp³-hybridized carbons (Fsp3) is 0.571. The summed E-state index contributed by atoms with van der Waals surface area (Å²) in [6, 6.07) is 3.60. The topological polar surface area (TPSA) is 68.0 Å². The van der Waals surface area contributed by atoms with Crippen molar-refractivity contribution >= 4 is 21.8 Å². The SMILES string of the molecule is NC(=O)C(NC1CCCCCC1)c1ccc(Br)cn1. The lowest BCUT2D eigenvalue weighted by atomic mass is 10.1. The highest BCUT2D eigenvalue weighted by atomic mass is 79.9. The number of aromatic nitrogens is 1. The molecule has 1 saturated carbocycles. The van der Waals surface area contributed by atoms with E-state index in [2.05, 4.69) is 26.2 Å². The van der Waals surface area contributed by atoms with E-state index in [-0.39, 0.29) is 5.91 Å². The zero-order valence-electron chi connectivity index (χ0n) is 10.9. The van der Waals surface area contributed by atoms with Gasteiger partial charge in [0.2, 0.25) is 5.91 Å². The monoisotopic (exact) mass is 325 g/mol. The maximum atomic E-state index is 11.7. The van der Waals surface area contributed by atoms with Gasteiger partial charge in [0, 0.05) is 16.7 Å². The number of amides is 1. The van der Waals surface area contributed by atoms with Gasteiger partial charge in [-0.1, -0.05) is 25.7 Å². The number of hydrogen-bond acceptors (Lipinski definition) is 3. The van der Waals surface area contributed by atoms with Crippen LogP contribution in [0.15, 0.2) is 22.8 Å². The zero-order valence-corrected chi connectivity index (χ0v) is 12.5. The third kappa shape index (κ3) is 4.28. The van der Waals surface area contributed by atoms with Crippen molar-refractivity contribution in [3.8, 4) is 0 Å². The van der Waals surface area contributed by atoms with Gasteiger partial charge in [0.1, 0.15) is 6.04 Å². The molecule has 1 heterocycles. The molecule has 1 aromatic heterocycles. The first-order valence-corrected chi connectivity index (χ1v) is 7.63. The molecule has 0 radical (unpaired) electrons. The van der Waals surface area contributed by atoms with E-state index in [1.54, 1.807) is 6.20 Å². The van der Waals surface area contributed by atoms with Crippen LogP contribution in [0.4, 0.5) is 0 Å². The third-order valence-corrected chi connectivity index (χ3v) is 4.06. The van der Waals surface area contributed by atoms with Gasteiger partial charge in [-0.3, -0.25) is 15.1 Å².